The molecule has 3 aromatic carbocycles. The molecule has 2 aliphatic rings. The molecule has 1 N–H and O–H groups in total. The van der Waals surface area contributed by atoms with Crippen molar-refractivity contribution in [1.82, 2.24) is 15.5 Å². The molecule has 4 aromatic rings. The Bertz CT molecular complexity index is 1510. The number of nitrogens with one attached hydrogen (secondary N) is 1. The predicted octanol–water partition coefficient (Wildman–Crippen LogP) is 5.95. The van der Waals surface area contributed by atoms with E-state index in [0.717, 1.165) is 28.1 Å². The van der Waals surface area contributed by atoms with Gasteiger partial charge in [0, 0.05) is 16.9 Å². The molecule has 0 radical (unpaired) electrons. The van der Waals surface area contributed by atoms with E-state index >= 15 is 0 Å². The fourth-order valence-electron chi connectivity index (χ4n) is 4.59. The lowest BCUT2D eigenvalue weighted by Gasteiger charge is -2.37. The number of allylic oxidation sites excluding steroid dienone is 1. The van der Waals surface area contributed by atoms with Gasteiger partial charge in [-0.1, -0.05) is 41.6 Å². The highest BCUT2D eigenvalue weighted by molar-refractivity contribution is 7.80. The molecule has 7 nitrogen and oxygen atoms in total. The fraction of sp³-hybridized carbons (Fsp3) is 0.179. The molecular weight excluding hydrogens is 472 g/mol. The van der Waals surface area contributed by atoms with Crippen LogP contribution in [-0.2, 0) is 0 Å². The summed E-state index contributed by atoms with van der Waals surface area (Å²) in [6.07, 6.45) is 0. The largest absolute Gasteiger partial charge is 0.454 e. The lowest BCUT2D eigenvalue weighted by Crippen LogP contribution is -2.46. The second kappa shape index (κ2) is 8.80. The highest BCUT2D eigenvalue weighted by atomic mass is 32.1. The Morgan fingerprint density at radius 2 is 1.72 bits per heavy atom. The summed E-state index contributed by atoms with van der Waals surface area (Å²) in [6, 6.07) is 21.8. The molecule has 8 heteroatoms. The van der Waals surface area contributed by atoms with Crippen molar-refractivity contribution < 1.29 is 14.0 Å². The van der Waals surface area contributed by atoms with Crippen LogP contribution in [0.3, 0.4) is 0 Å². The van der Waals surface area contributed by atoms with Gasteiger partial charge in [-0.15, -0.1) is 0 Å². The van der Waals surface area contributed by atoms with Crippen molar-refractivity contribution in [2.75, 3.05) is 11.7 Å². The molecule has 0 saturated carbocycles. The molecule has 0 bridgehead atoms. The average Bonchev–Trinajstić information content (AvgIpc) is 3.55. The molecule has 6 rings (SSSR count). The Hall–Kier alpha value is -4.17. The number of benzene rings is 3. The summed E-state index contributed by atoms with van der Waals surface area (Å²) < 4.78 is 16.8. The molecule has 1 unspecified atom stereocenters. The van der Waals surface area contributed by atoms with Crippen LogP contribution in [0.4, 0.5) is 5.69 Å². The Morgan fingerprint density at radius 3 is 2.53 bits per heavy atom. The van der Waals surface area contributed by atoms with Crippen LogP contribution >= 0.6 is 12.2 Å². The number of rotatable bonds is 4. The highest BCUT2D eigenvalue weighted by Gasteiger charge is 2.35. The second-order valence-corrected chi connectivity index (χ2v) is 9.27. The maximum atomic E-state index is 5.87. The standard InChI is InChI=1S/C28H24N4O3S/c1-16-9-10-19(13-17(16)2)25-24(18(3)32(28(36)29-25)21-7-5-4-6-8-21)27-30-26(31-35-27)20-11-12-22-23(14-20)34-15-33-22/h4-14,25H,15H2,1-3H3,(H,29,36). The first-order valence-electron chi connectivity index (χ1n) is 11.7. The van der Waals surface area contributed by atoms with E-state index in [9.17, 15) is 0 Å². The third-order valence-corrected chi connectivity index (χ3v) is 6.95. The number of thiocarbonyl (C=S) groups is 1. The zero-order valence-corrected chi connectivity index (χ0v) is 20.9. The number of ether oxygens (including phenoxy) is 2. The van der Waals surface area contributed by atoms with Crippen LogP contribution in [-0.4, -0.2) is 22.0 Å². The SMILES string of the molecule is CC1=C(c2nc(-c3ccc4c(c3)OCO4)no2)C(c2ccc(C)c(C)c2)NC(=S)N1c1ccccc1. The molecular formula is C28H24N4O3S. The van der Waals surface area contributed by atoms with Crippen LogP contribution in [0.2, 0.25) is 0 Å². The van der Waals surface area contributed by atoms with Gasteiger partial charge in [0.2, 0.25) is 12.6 Å². The smallest absolute Gasteiger partial charge is 0.258 e. The first kappa shape index (κ1) is 22.3. The molecule has 1 aromatic heterocycles. The molecule has 0 fully saturated rings. The minimum Gasteiger partial charge on any atom is -0.454 e. The van der Waals surface area contributed by atoms with Gasteiger partial charge in [-0.05, 0) is 80.0 Å². The molecule has 1 atom stereocenters. The van der Waals surface area contributed by atoms with Crippen molar-refractivity contribution in [3.63, 3.8) is 0 Å². The number of anilines is 1. The van der Waals surface area contributed by atoms with E-state index in [2.05, 4.69) is 42.5 Å². The van der Waals surface area contributed by atoms with Crippen molar-refractivity contribution >= 4 is 28.6 Å². The van der Waals surface area contributed by atoms with Gasteiger partial charge in [-0.25, -0.2) is 0 Å². The topological polar surface area (TPSA) is 72.6 Å². The van der Waals surface area contributed by atoms with Gasteiger partial charge >= 0.3 is 0 Å². The normalized spacial score (nSPS) is 16.9. The molecule has 0 amide bonds. The second-order valence-electron chi connectivity index (χ2n) is 8.89. The Morgan fingerprint density at radius 1 is 0.917 bits per heavy atom. The minimum atomic E-state index is -0.248. The summed E-state index contributed by atoms with van der Waals surface area (Å²) in [5.74, 6) is 2.28. The van der Waals surface area contributed by atoms with Gasteiger partial charge in [0.05, 0.1) is 11.6 Å². The lowest BCUT2D eigenvalue weighted by atomic mass is 9.92. The number of hydrogen-bond acceptors (Lipinski definition) is 6. The van der Waals surface area contributed by atoms with E-state index in [0.29, 0.717) is 28.3 Å². The quantitative estimate of drug-likeness (QED) is 0.348. The Balaban J connectivity index is 1.48. The van der Waals surface area contributed by atoms with Crippen LogP contribution in [0.15, 0.2) is 77.0 Å². The van der Waals surface area contributed by atoms with Crippen molar-refractivity contribution in [3.05, 3.63) is 95.0 Å². The molecule has 2 aliphatic heterocycles. The Kier molecular flexibility index (Phi) is 5.45. The molecule has 3 heterocycles. The number of fused-ring (bicyclic) bond motifs is 1. The third-order valence-electron chi connectivity index (χ3n) is 6.65. The summed E-state index contributed by atoms with van der Waals surface area (Å²) in [6.45, 7) is 6.46. The van der Waals surface area contributed by atoms with Crippen molar-refractivity contribution in [3.8, 4) is 22.9 Å². The maximum absolute atomic E-state index is 5.87. The van der Waals surface area contributed by atoms with Crippen molar-refractivity contribution in [2.24, 2.45) is 0 Å². The summed E-state index contributed by atoms with van der Waals surface area (Å²) >= 11 is 5.84. The zero-order valence-electron chi connectivity index (χ0n) is 20.1. The van der Waals surface area contributed by atoms with Crippen LogP contribution in [0.25, 0.3) is 17.0 Å². The predicted molar refractivity (Wildman–Crippen MR) is 142 cm³/mol. The van der Waals surface area contributed by atoms with Crippen LogP contribution in [0.1, 0.15) is 35.5 Å². The number of aryl methyl sites for hydroxylation is 2. The van der Waals surface area contributed by atoms with E-state index < -0.39 is 0 Å². The monoisotopic (exact) mass is 496 g/mol. The third kappa shape index (κ3) is 3.79. The fourth-order valence-corrected chi connectivity index (χ4v) is 4.95. The molecule has 0 spiro atoms. The summed E-state index contributed by atoms with van der Waals surface area (Å²) in [7, 11) is 0. The average molecular weight is 497 g/mol. The summed E-state index contributed by atoms with van der Waals surface area (Å²) in [5, 5.41) is 8.44. The van der Waals surface area contributed by atoms with E-state index in [1.807, 2.05) is 60.4 Å². The zero-order chi connectivity index (χ0) is 24.8. The summed E-state index contributed by atoms with van der Waals surface area (Å²) in [4.78, 5) is 6.81. The molecule has 36 heavy (non-hydrogen) atoms. The van der Waals surface area contributed by atoms with Crippen molar-refractivity contribution in [1.29, 1.82) is 0 Å². The number of nitrogens with zero attached hydrogens (tertiary/aromatic N) is 3. The first-order chi connectivity index (χ1) is 17.5. The first-order valence-corrected chi connectivity index (χ1v) is 12.1. The molecule has 0 saturated heterocycles. The highest BCUT2D eigenvalue weighted by Crippen LogP contribution is 2.40. The summed E-state index contributed by atoms with van der Waals surface area (Å²) in [5.41, 5.74) is 7.05. The molecule has 0 aliphatic carbocycles. The van der Waals surface area contributed by atoms with E-state index in [1.54, 1.807) is 0 Å². The van der Waals surface area contributed by atoms with Gasteiger partial charge in [0.25, 0.3) is 5.89 Å². The minimum absolute atomic E-state index is 0.209. The lowest BCUT2D eigenvalue weighted by molar-refractivity contribution is 0.174. The van der Waals surface area contributed by atoms with Gasteiger partial charge in [0.15, 0.2) is 16.6 Å². The molecule has 180 valence electrons. The number of para-hydroxylation sites is 1. The van der Waals surface area contributed by atoms with Gasteiger partial charge < -0.3 is 19.3 Å². The maximum Gasteiger partial charge on any atom is 0.258 e. The van der Waals surface area contributed by atoms with Crippen LogP contribution in [0.5, 0.6) is 11.5 Å². The van der Waals surface area contributed by atoms with E-state index in [4.69, 9.17) is 31.2 Å². The van der Waals surface area contributed by atoms with E-state index in [1.165, 1.54) is 11.1 Å². The van der Waals surface area contributed by atoms with Gasteiger partial charge in [0.1, 0.15) is 0 Å². The van der Waals surface area contributed by atoms with E-state index in [-0.39, 0.29) is 12.8 Å². The van der Waals surface area contributed by atoms with Crippen LogP contribution in [0, 0.1) is 13.8 Å². The van der Waals surface area contributed by atoms with Gasteiger partial charge in [-0.2, -0.15) is 4.98 Å². The van der Waals surface area contributed by atoms with Crippen LogP contribution < -0.4 is 19.7 Å². The van der Waals surface area contributed by atoms with Gasteiger partial charge in [-0.3, -0.25) is 4.90 Å². The Labute approximate surface area is 214 Å². The number of aromatic nitrogens is 2. The number of hydrogen-bond donors (Lipinski definition) is 1. The van der Waals surface area contributed by atoms with Crippen molar-refractivity contribution in [2.45, 2.75) is 26.8 Å².